The molecule has 17 heavy (non-hydrogen) atoms. The van der Waals surface area contributed by atoms with Gasteiger partial charge in [0.15, 0.2) is 0 Å². The second kappa shape index (κ2) is 5.47. The van der Waals surface area contributed by atoms with Crippen LogP contribution < -0.4 is 5.32 Å². The normalized spacial score (nSPS) is 12.6. The van der Waals surface area contributed by atoms with Crippen LogP contribution >= 0.6 is 15.9 Å². The van der Waals surface area contributed by atoms with Crippen molar-refractivity contribution >= 4 is 15.9 Å². The molecule has 0 amide bonds. The van der Waals surface area contributed by atoms with Gasteiger partial charge in [-0.2, -0.15) is 0 Å². The number of H-pyrrole nitrogens is 1. The van der Waals surface area contributed by atoms with Gasteiger partial charge < -0.3 is 10.3 Å². The Kier molecular flexibility index (Phi) is 3.97. The molecule has 1 aromatic heterocycles. The van der Waals surface area contributed by atoms with Gasteiger partial charge in [0.1, 0.15) is 0 Å². The maximum absolute atomic E-state index is 4.27. The lowest BCUT2D eigenvalue weighted by Crippen LogP contribution is -2.18. The van der Waals surface area contributed by atoms with Crippen LogP contribution in [0, 0.1) is 6.92 Å². The summed E-state index contributed by atoms with van der Waals surface area (Å²) in [6, 6.07) is 8.69. The number of benzene rings is 1. The summed E-state index contributed by atoms with van der Waals surface area (Å²) >= 11 is 3.44. The summed E-state index contributed by atoms with van der Waals surface area (Å²) in [5.41, 5.74) is 3.48. The van der Waals surface area contributed by atoms with Gasteiger partial charge in [-0.15, -0.1) is 0 Å². The molecule has 0 saturated carbocycles. The number of aromatic amines is 1. The predicted molar refractivity (Wildman–Crippen MR) is 72.7 cm³/mol. The topological polar surface area (TPSA) is 40.7 Å². The number of hydrogen-bond donors (Lipinski definition) is 2. The minimum atomic E-state index is 0.319. The Morgan fingerprint density at radius 3 is 2.65 bits per heavy atom. The van der Waals surface area contributed by atoms with Crippen molar-refractivity contribution in [3.8, 4) is 0 Å². The third-order valence-corrected chi connectivity index (χ3v) is 3.41. The van der Waals surface area contributed by atoms with E-state index in [2.05, 4.69) is 62.4 Å². The molecule has 0 bridgehead atoms. The van der Waals surface area contributed by atoms with Gasteiger partial charge in [-0.3, -0.25) is 0 Å². The Labute approximate surface area is 110 Å². The third kappa shape index (κ3) is 3.17. The molecule has 1 unspecified atom stereocenters. The van der Waals surface area contributed by atoms with Gasteiger partial charge >= 0.3 is 0 Å². The van der Waals surface area contributed by atoms with E-state index >= 15 is 0 Å². The highest BCUT2D eigenvalue weighted by atomic mass is 79.9. The zero-order valence-corrected chi connectivity index (χ0v) is 11.6. The Morgan fingerprint density at radius 1 is 1.35 bits per heavy atom. The van der Waals surface area contributed by atoms with Gasteiger partial charge in [0.2, 0.25) is 0 Å². The van der Waals surface area contributed by atoms with Gasteiger partial charge in [-0.1, -0.05) is 28.1 Å². The summed E-state index contributed by atoms with van der Waals surface area (Å²) in [6.45, 7) is 4.98. The van der Waals surface area contributed by atoms with E-state index in [0.29, 0.717) is 6.04 Å². The standard InChI is InChI=1S/C13H16BrN3/c1-9(11-3-5-12(14)6-4-11)15-7-13-10(2)16-8-17-13/h3-6,8-9,15H,7H2,1-2H3,(H,16,17). The molecule has 4 heteroatoms. The van der Waals surface area contributed by atoms with Crippen molar-refractivity contribution in [1.29, 1.82) is 0 Å². The zero-order valence-electron chi connectivity index (χ0n) is 10.00. The fraction of sp³-hybridized carbons (Fsp3) is 0.308. The molecule has 0 aliphatic heterocycles. The Bertz CT molecular complexity index is 476. The van der Waals surface area contributed by atoms with Crippen LogP contribution in [0.15, 0.2) is 35.1 Å². The van der Waals surface area contributed by atoms with Crippen molar-refractivity contribution in [2.24, 2.45) is 0 Å². The highest BCUT2D eigenvalue weighted by Crippen LogP contribution is 2.16. The van der Waals surface area contributed by atoms with E-state index in [-0.39, 0.29) is 0 Å². The molecule has 3 nitrogen and oxygen atoms in total. The van der Waals surface area contributed by atoms with E-state index in [1.165, 1.54) is 5.56 Å². The van der Waals surface area contributed by atoms with Gasteiger partial charge in [-0.25, -0.2) is 4.98 Å². The first kappa shape index (κ1) is 12.3. The number of nitrogens with one attached hydrogen (secondary N) is 2. The van der Waals surface area contributed by atoms with Crippen molar-refractivity contribution in [3.63, 3.8) is 0 Å². The van der Waals surface area contributed by atoms with Crippen LogP contribution in [-0.4, -0.2) is 9.97 Å². The smallest absolute Gasteiger partial charge is 0.0925 e. The molecular weight excluding hydrogens is 278 g/mol. The molecular formula is C13H16BrN3. The number of hydrogen-bond acceptors (Lipinski definition) is 2. The Morgan fingerprint density at radius 2 is 2.06 bits per heavy atom. The molecule has 1 heterocycles. The first-order valence-electron chi connectivity index (χ1n) is 5.64. The number of aryl methyl sites for hydroxylation is 1. The lowest BCUT2D eigenvalue weighted by molar-refractivity contribution is 0.567. The fourth-order valence-electron chi connectivity index (χ4n) is 1.68. The van der Waals surface area contributed by atoms with Crippen molar-refractivity contribution in [3.05, 3.63) is 52.0 Å². The van der Waals surface area contributed by atoms with Crippen molar-refractivity contribution < 1.29 is 0 Å². The van der Waals surface area contributed by atoms with Crippen LogP contribution in [0.3, 0.4) is 0 Å². The summed E-state index contributed by atoms with van der Waals surface area (Å²) in [6.07, 6.45) is 1.73. The minimum Gasteiger partial charge on any atom is -0.348 e. The van der Waals surface area contributed by atoms with Crippen LogP contribution in [0.4, 0.5) is 0 Å². The Balaban J connectivity index is 1.95. The van der Waals surface area contributed by atoms with Crippen molar-refractivity contribution in [2.45, 2.75) is 26.4 Å². The molecule has 90 valence electrons. The molecule has 0 fully saturated rings. The number of nitrogens with zero attached hydrogens (tertiary/aromatic N) is 1. The summed E-state index contributed by atoms with van der Waals surface area (Å²) < 4.78 is 1.11. The first-order valence-corrected chi connectivity index (χ1v) is 6.44. The summed E-state index contributed by atoms with van der Waals surface area (Å²) in [7, 11) is 0. The first-order chi connectivity index (χ1) is 8.16. The molecule has 0 aliphatic carbocycles. The molecule has 0 aliphatic rings. The quantitative estimate of drug-likeness (QED) is 0.908. The number of imidazole rings is 1. The molecule has 2 N–H and O–H groups in total. The van der Waals surface area contributed by atoms with Crippen molar-refractivity contribution in [2.75, 3.05) is 0 Å². The average Bonchev–Trinajstić information content (AvgIpc) is 2.73. The zero-order chi connectivity index (χ0) is 12.3. The van der Waals surface area contributed by atoms with E-state index in [9.17, 15) is 0 Å². The van der Waals surface area contributed by atoms with Gasteiger partial charge in [0.05, 0.1) is 12.0 Å². The van der Waals surface area contributed by atoms with E-state index in [0.717, 1.165) is 22.4 Å². The van der Waals surface area contributed by atoms with E-state index in [4.69, 9.17) is 0 Å². The van der Waals surface area contributed by atoms with Crippen molar-refractivity contribution in [1.82, 2.24) is 15.3 Å². The van der Waals surface area contributed by atoms with Crippen LogP contribution in [0.1, 0.15) is 29.9 Å². The largest absolute Gasteiger partial charge is 0.348 e. The maximum Gasteiger partial charge on any atom is 0.0925 e. The third-order valence-electron chi connectivity index (χ3n) is 2.88. The number of halogens is 1. The minimum absolute atomic E-state index is 0.319. The van der Waals surface area contributed by atoms with Crippen LogP contribution in [0.2, 0.25) is 0 Å². The fourth-order valence-corrected chi connectivity index (χ4v) is 1.95. The van der Waals surface area contributed by atoms with Crippen LogP contribution in [-0.2, 0) is 6.54 Å². The highest BCUT2D eigenvalue weighted by molar-refractivity contribution is 9.10. The number of rotatable bonds is 4. The molecule has 2 aromatic rings. The molecule has 0 radical (unpaired) electrons. The second-order valence-corrected chi connectivity index (χ2v) is 5.04. The maximum atomic E-state index is 4.27. The molecule has 1 atom stereocenters. The second-order valence-electron chi connectivity index (χ2n) is 4.13. The lowest BCUT2D eigenvalue weighted by Gasteiger charge is -2.13. The van der Waals surface area contributed by atoms with E-state index in [1.807, 2.05) is 6.92 Å². The van der Waals surface area contributed by atoms with Gasteiger partial charge in [-0.05, 0) is 31.5 Å². The van der Waals surface area contributed by atoms with Crippen LogP contribution in [0.5, 0.6) is 0 Å². The van der Waals surface area contributed by atoms with E-state index in [1.54, 1.807) is 6.33 Å². The highest BCUT2D eigenvalue weighted by Gasteiger charge is 2.06. The lowest BCUT2D eigenvalue weighted by atomic mass is 10.1. The summed E-state index contributed by atoms with van der Waals surface area (Å²) in [5.74, 6) is 0. The molecule has 1 aromatic carbocycles. The monoisotopic (exact) mass is 293 g/mol. The summed E-state index contributed by atoms with van der Waals surface area (Å²) in [5, 5.41) is 3.46. The van der Waals surface area contributed by atoms with Crippen LogP contribution in [0.25, 0.3) is 0 Å². The van der Waals surface area contributed by atoms with Gasteiger partial charge in [0.25, 0.3) is 0 Å². The Hall–Kier alpha value is -1.13. The molecule has 0 saturated heterocycles. The summed E-state index contributed by atoms with van der Waals surface area (Å²) in [4.78, 5) is 7.35. The predicted octanol–water partition coefficient (Wildman–Crippen LogP) is 3.33. The van der Waals surface area contributed by atoms with E-state index < -0.39 is 0 Å². The average molecular weight is 294 g/mol. The van der Waals surface area contributed by atoms with Gasteiger partial charge in [0, 0.05) is 22.8 Å². The molecule has 0 spiro atoms. The number of aromatic nitrogens is 2. The SMILES string of the molecule is Cc1[nH]cnc1CNC(C)c1ccc(Br)cc1. The molecule has 2 rings (SSSR count).